The first-order chi connectivity index (χ1) is 18.0. The van der Waals surface area contributed by atoms with Gasteiger partial charge >= 0.3 is 11.7 Å². The molecule has 0 bridgehead atoms. The van der Waals surface area contributed by atoms with E-state index in [4.69, 9.17) is 11.5 Å². The minimum Gasteiger partial charge on any atom is -0.338 e. The summed E-state index contributed by atoms with van der Waals surface area (Å²) in [6, 6.07) is 9.59. The predicted octanol–water partition coefficient (Wildman–Crippen LogP) is 1.28. The number of anilines is 1. The number of nitrogens with two attached hydrogens (primary N) is 2. The first kappa shape index (κ1) is 30.6. The average molecular weight is 561 g/mol. The van der Waals surface area contributed by atoms with Gasteiger partial charge in [-0.05, 0) is 76.4 Å². The van der Waals surface area contributed by atoms with Gasteiger partial charge in [-0.1, -0.05) is 12.1 Å². The fourth-order valence-electron chi connectivity index (χ4n) is 5.10. The molecule has 5 N–H and O–H groups in total. The highest BCUT2D eigenvalue weighted by atomic mass is 35.5. The summed E-state index contributed by atoms with van der Waals surface area (Å²) < 4.78 is 1.45. The van der Waals surface area contributed by atoms with E-state index in [1.807, 2.05) is 24.3 Å². The van der Waals surface area contributed by atoms with Crippen LogP contribution < -0.4 is 22.5 Å². The summed E-state index contributed by atoms with van der Waals surface area (Å²) in [6.45, 7) is 10.0. The van der Waals surface area contributed by atoms with Gasteiger partial charge in [0.15, 0.2) is 0 Å². The van der Waals surface area contributed by atoms with Crippen molar-refractivity contribution in [3.05, 3.63) is 52.6 Å². The van der Waals surface area contributed by atoms with Crippen LogP contribution in [0.4, 0.5) is 10.6 Å². The third-order valence-electron chi connectivity index (χ3n) is 7.46. The van der Waals surface area contributed by atoms with E-state index in [-0.39, 0.29) is 30.2 Å². The molecule has 2 saturated heterocycles. The molecule has 2 fully saturated rings. The number of nitrogens with one attached hydrogen (secondary N) is 1. The molecule has 2 aliphatic rings. The summed E-state index contributed by atoms with van der Waals surface area (Å²) in [4.78, 5) is 47.6. The normalized spacial score (nSPS) is 18.9. The lowest BCUT2D eigenvalue weighted by Crippen LogP contribution is -2.58. The van der Waals surface area contributed by atoms with Crippen LogP contribution in [0.1, 0.15) is 32.8 Å². The van der Waals surface area contributed by atoms with Crippen molar-refractivity contribution in [1.82, 2.24) is 24.3 Å². The largest absolute Gasteiger partial charge is 0.354 e. The summed E-state index contributed by atoms with van der Waals surface area (Å²) in [7, 11) is 0. The number of urea groups is 1. The van der Waals surface area contributed by atoms with E-state index >= 15 is 0 Å². The molecule has 3 amide bonds. The maximum atomic E-state index is 12.7. The van der Waals surface area contributed by atoms with Crippen molar-refractivity contribution >= 4 is 30.2 Å². The number of hydrogen-bond acceptors (Lipinski definition) is 7. The number of nitrogens with zero attached hydrogens (tertiary/aromatic N) is 5. The number of rotatable bonds is 7. The van der Waals surface area contributed by atoms with Crippen LogP contribution in [0.2, 0.25) is 0 Å². The van der Waals surface area contributed by atoms with E-state index < -0.39 is 11.2 Å². The first-order valence-electron chi connectivity index (χ1n) is 13.3. The number of amides is 3. The standard InChI is InChI=1S/C27H40N8O3.ClH/c1-19(34-10-8-21(17-28)18-34)16-20-4-6-22(7-5-20)35-11-9-23(31-26(35)38)30-25(37)33-14-12-32(13-15-33)24(36)27(2,3)29;/h4-7,9,11,19,21H,8,10,12-18,28-29H2,1-3H3,(H,30,31,37,38);1H. The molecule has 1 aromatic heterocycles. The van der Waals surface area contributed by atoms with Crippen LogP contribution in [0.5, 0.6) is 0 Å². The van der Waals surface area contributed by atoms with Crippen molar-refractivity contribution in [2.24, 2.45) is 17.4 Å². The van der Waals surface area contributed by atoms with E-state index in [1.54, 1.807) is 35.9 Å². The summed E-state index contributed by atoms with van der Waals surface area (Å²) in [5.74, 6) is 0.638. The monoisotopic (exact) mass is 560 g/mol. The molecule has 0 radical (unpaired) electrons. The lowest BCUT2D eigenvalue weighted by molar-refractivity contribution is -0.137. The van der Waals surface area contributed by atoms with E-state index in [1.165, 1.54) is 10.1 Å². The molecule has 2 aromatic rings. The fraction of sp³-hybridized carbons (Fsp3) is 0.556. The second-order valence-electron chi connectivity index (χ2n) is 11.0. The first-order valence-corrected chi connectivity index (χ1v) is 13.3. The maximum Gasteiger partial charge on any atom is 0.354 e. The Morgan fingerprint density at radius 3 is 2.28 bits per heavy atom. The van der Waals surface area contributed by atoms with Gasteiger partial charge in [-0.2, -0.15) is 4.98 Å². The van der Waals surface area contributed by atoms with Gasteiger partial charge in [-0.3, -0.25) is 19.6 Å². The van der Waals surface area contributed by atoms with Crippen LogP contribution in [-0.2, 0) is 11.2 Å². The van der Waals surface area contributed by atoms with Gasteiger partial charge in [-0.15, -0.1) is 12.4 Å². The zero-order valence-corrected chi connectivity index (χ0v) is 23.8. The van der Waals surface area contributed by atoms with Crippen LogP contribution in [0.15, 0.2) is 41.3 Å². The lowest BCUT2D eigenvalue weighted by atomic mass is 10.1. The van der Waals surface area contributed by atoms with Crippen molar-refractivity contribution in [2.75, 3.05) is 51.1 Å². The van der Waals surface area contributed by atoms with Crippen molar-refractivity contribution in [3.63, 3.8) is 0 Å². The summed E-state index contributed by atoms with van der Waals surface area (Å²) in [5.41, 5.74) is 12.2. The van der Waals surface area contributed by atoms with Crippen molar-refractivity contribution in [2.45, 2.75) is 45.2 Å². The molecule has 1 aromatic carbocycles. The summed E-state index contributed by atoms with van der Waals surface area (Å²) >= 11 is 0. The van der Waals surface area contributed by atoms with Crippen molar-refractivity contribution in [1.29, 1.82) is 0 Å². The number of piperazine rings is 1. The minimum atomic E-state index is -0.945. The van der Waals surface area contributed by atoms with E-state index in [0.717, 1.165) is 32.5 Å². The number of carbonyl (C=O) groups is 2. The quantitative estimate of drug-likeness (QED) is 0.463. The highest BCUT2D eigenvalue weighted by Crippen LogP contribution is 2.20. The van der Waals surface area contributed by atoms with E-state index in [2.05, 4.69) is 22.1 Å². The highest BCUT2D eigenvalue weighted by Gasteiger charge is 2.31. The smallest absolute Gasteiger partial charge is 0.338 e. The Morgan fingerprint density at radius 2 is 1.72 bits per heavy atom. The Hall–Kier alpha value is -2.99. The van der Waals surface area contributed by atoms with Crippen LogP contribution in [-0.4, -0.2) is 93.6 Å². The lowest BCUT2D eigenvalue weighted by Gasteiger charge is -2.37. The van der Waals surface area contributed by atoms with Crippen LogP contribution >= 0.6 is 12.4 Å². The zero-order chi connectivity index (χ0) is 27.4. The molecular weight excluding hydrogens is 520 g/mol. The number of hydrogen-bond donors (Lipinski definition) is 3. The number of carbonyl (C=O) groups excluding carboxylic acids is 2. The zero-order valence-electron chi connectivity index (χ0n) is 23.0. The average Bonchev–Trinajstić information content (AvgIpc) is 3.38. The Morgan fingerprint density at radius 1 is 1.08 bits per heavy atom. The van der Waals surface area contributed by atoms with Gasteiger partial charge in [0, 0.05) is 45.0 Å². The van der Waals surface area contributed by atoms with E-state index in [9.17, 15) is 14.4 Å². The van der Waals surface area contributed by atoms with Gasteiger partial charge in [0.1, 0.15) is 5.82 Å². The Labute approximate surface area is 235 Å². The molecular formula is C27H41ClN8O3. The molecule has 2 atom stereocenters. The topological polar surface area (TPSA) is 143 Å². The minimum absolute atomic E-state index is 0. The number of benzene rings is 1. The van der Waals surface area contributed by atoms with Crippen LogP contribution in [0.25, 0.3) is 5.69 Å². The predicted molar refractivity (Wildman–Crippen MR) is 154 cm³/mol. The Kier molecular flexibility index (Phi) is 10.1. The molecule has 0 saturated carbocycles. The molecule has 12 heteroatoms. The highest BCUT2D eigenvalue weighted by molar-refractivity contribution is 5.89. The van der Waals surface area contributed by atoms with Gasteiger partial charge in [-0.25, -0.2) is 9.59 Å². The van der Waals surface area contributed by atoms with Gasteiger partial charge in [0.05, 0.1) is 11.2 Å². The summed E-state index contributed by atoms with van der Waals surface area (Å²) in [6.07, 6.45) is 3.71. The fourth-order valence-corrected chi connectivity index (χ4v) is 5.10. The molecule has 4 rings (SSSR count). The molecule has 11 nitrogen and oxygen atoms in total. The summed E-state index contributed by atoms with van der Waals surface area (Å²) in [5, 5.41) is 2.69. The van der Waals surface area contributed by atoms with Crippen molar-refractivity contribution in [3.8, 4) is 5.69 Å². The van der Waals surface area contributed by atoms with Crippen LogP contribution in [0.3, 0.4) is 0 Å². The molecule has 214 valence electrons. The Bertz CT molecular complexity index is 1190. The SMILES string of the molecule is CC(Cc1ccc(-n2ccc(NC(=O)N3CCN(C(=O)C(C)(C)N)CC3)nc2=O)cc1)N1CCC(CN)C1.Cl. The molecule has 39 heavy (non-hydrogen) atoms. The molecule has 0 aliphatic carbocycles. The second-order valence-corrected chi connectivity index (χ2v) is 11.0. The molecule has 3 heterocycles. The number of likely N-dealkylation sites (tertiary alicyclic amines) is 1. The third-order valence-corrected chi connectivity index (χ3v) is 7.46. The van der Waals surface area contributed by atoms with Crippen molar-refractivity contribution < 1.29 is 9.59 Å². The van der Waals surface area contributed by atoms with Gasteiger partial charge in [0.25, 0.3) is 0 Å². The van der Waals surface area contributed by atoms with Gasteiger partial charge < -0.3 is 21.3 Å². The molecule has 2 aliphatic heterocycles. The molecule has 0 spiro atoms. The Balaban J connectivity index is 0.00000420. The molecule has 2 unspecified atom stereocenters. The maximum absolute atomic E-state index is 12.7. The second kappa shape index (κ2) is 12.9. The van der Waals surface area contributed by atoms with E-state index in [0.29, 0.717) is 43.8 Å². The number of halogens is 1. The third kappa shape index (κ3) is 7.57. The van der Waals surface area contributed by atoms with Gasteiger partial charge in [0.2, 0.25) is 5.91 Å². The number of aromatic nitrogens is 2. The van der Waals surface area contributed by atoms with Crippen LogP contribution in [0, 0.1) is 5.92 Å².